The Balaban J connectivity index is 0.00000180. The SMILES string of the molecule is C.C/C=C\c1ccc(-c2ccccc2C)cc1CC. The molecule has 0 heterocycles. The topological polar surface area (TPSA) is 0 Å². The number of benzene rings is 2. The molecule has 0 nitrogen and oxygen atoms in total. The van der Waals surface area contributed by atoms with Crippen LogP contribution in [0.4, 0.5) is 0 Å². The van der Waals surface area contributed by atoms with E-state index in [0.29, 0.717) is 0 Å². The van der Waals surface area contributed by atoms with Crippen molar-refractivity contribution >= 4 is 6.08 Å². The Morgan fingerprint density at radius 1 is 1.05 bits per heavy atom. The van der Waals surface area contributed by atoms with Crippen molar-refractivity contribution in [1.82, 2.24) is 0 Å². The van der Waals surface area contributed by atoms with Gasteiger partial charge in [-0.25, -0.2) is 0 Å². The molecule has 0 radical (unpaired) electrons. The van der Waals surface area contributed by atoms with Crippen molar-refractivity contribution in [3.63, 3.8) is 0 Å². The van der Waals surface area contributed by atoms with Crippen LogP contribution in [0, 0.1) is 6.92 Å². The lowest BCUT2D eigenvalue weighted by Gasteiger charge is -2.10. The van der Waals surface area contributed by atoms with Gasteiger partial charge in [0.05, 0.1) is 0 Å². The number of rotatable bonds is 3. The third-order valence-electron chi connectivity index (χ3n) is 3.33. The Morgan fingerprint density at radius 3 is 2.42 bits per heavy atom. The highest BCUT2D eigenvalue weighted by Gasteiger charge is 2.04. The standard InChI is InChI=1S/C18H20.CH4/c1-4-8-16-11-12-17(13-15(16)5-2)18-10-7-6-9-14(18)3;/h4,6-13H,5H2,1-3H3;1H4/b8-4-;. The zero-order valence-electron chi connectivity index (χ0n) is 11.4. The monoisotopic (exact) mass is 252 g/mol. The van der Waals surface area contributed by atoms with Crippen LogP contribution in [-0.2, 0) is 6.42 Å². The van der Waals surface area contributed by atoms with Crippen LogP contribution in [0.3, 0.4) is 0 Å². The lowest BCUT2D eigenvalue weighted by Crippen LogP contribution is -1.89. The molecule has 2 rings (SSSR count). The van der Waals surface area contributed by atoms with Crippen molar-refractivity contribution < 1.29 is 0 Å². The summed E-state index contributed by atoms with van der Waals surface area (Å²) in [5.41, 5.74) is 6.72. The van der Waals surface area contributed by atoms with E-state index in [0.717, 1.165) is 6.42 Å². The quantitative estimate of drug-likeness (QED) is 0.638. The van der Waals surface area contributed by atoms with Gasteiger partial charge in [-0.05, 0) is 48.1 Å². The molecule has 0 unspecified atom stereocenters. The molecule has 0 aliphatic rings. The second-order valence-electron chi connectivity index (χ2n) is 4.58. The van der Waals surface area contributed by atoms with Gasteiger partial charge in [-0.1, -0.05) is 69.0 Å². The molecule has 0 N–H and O–H groups in total. The third kappa shape index (κ3) is 3.35. The second kappa shape index (κ2) is 6.94. The van der Waals surface area contributed by atoms with E-state index in [9.17, 15) is 0 Å². The largest absolute Gasteiger partial charge is 0.0871 e. The Bertz CT molecular complexity index is 562. The van der Waals surface area contributed by atoms with Crippen molar-refractivity contribution in [2.75, 3.05) is 0 Å². The predicted molar refractivity (Wildman–Crippen MR) is 87.4 cm³/mol. The normalized spacial score (nSPS) is 10.5. The maximum Gasteiger partial charge on any atom is -0.0155 e. The van der Waals surface area contributed by atoms with Crippen molar-refractivity contribution in [3.8, 4) is 11.1 Å². The Hall–Kier alpha value is -1.82. The first kappa shape index (κ1) is 15.2. The fourth-order valence-electron chi connectivity index (χ4n) is 2.32. The molecule has 0 heteroatoms. The summed E-state index contributed by atoms with van der Waals surface area (Å²) in [5.74, 6) is 0. The van der Waals surface area contributed by atoms with Crippen LogP contribution in [0.5, 0.6) is 0 Å². The van der Waals surface area contributed by atoms with E-state index in [1.54, 1.807) is 0 Å². The maximum absolute atomic E-state index is 2.32. The van der Waals surface area contributed by atoms with E-state index in [-0.39, 0.29) is 7.43 Å². The summed E-state index contributed by atoms with van der Waals surface area (Å²) in [4.78, 5) is 0. The predicted octanol–water partition coefficient (Wildman–Crippen LogP) is 5.89. The first-order chi connectivity index (χ1) is 8.76. The molecular formula is C19H24. The van der Waals surface area contributed by atoms with Gasteiger partial charge < -0.3 is 0 Å². The van der Waals surface area contributed by atoms with Gasteiger partial charge in [0.1, 0.15) is 0 Å². The Kier molecular flexibility index (Phi) is 5.57. The van der Waals surface area contributed by atoms with E-state index >= 15 is 0 Å². The molecule has 0 aliphatic carbocycles. The minimum absolute atomic E-state index is 0. The van der Waals surface area contributed by atoms with Crippen LogP contribution in [0.1, 0.15) is 38.0 Å². The summed E-state index contributed by atoms with van der Waals surface area (Å²) in [7, 11) is 0. The summed E-state index contributed by atoms with van der Waals surface area (Å²) in [6.45, 7) is 6.44. The first-order valence-corrected chi connectivity index (χ1v) is 6.58. The van der Waals surface area contributed by atoms with Crippen LogP contribution in [0.2, 0.25) is 0 Å². The highest BCUT2D eigenvalue weighted by Crippen LogP contribution is 2.26. The van der Waals surface area contributed by atoms with Crippen molar-refractivity contribution in [2.24, 2.45) is 0 Å². The summed E-state index contributed by atoms with van der Waals surface area (Å²) < 4.78 is 0. The van der Waals surface area contributed by atoms with Gasteiger partial charge in [0.15, 0.2) is 0 Å². The maximum atomic E-state index is 2.32. The lowest BCUT2D eigenvalue weighted by molar-refractivity contribution is 1.13. The number of hydrogen-bond acceptors (Lipinski definition) is 0. The summed E-state index contributed by atoms with van der Waals surface area (Å²) in [5, 5.41) is 0. The molecule has 2 aromatic carbocycles. The number of hydrogen-bond donors (Lipinski definition) is 0. The molecule has 100 valence electrons. The van der Waals surface area contributed by atoms with Crippen molar-refractivity contribution in [2.45, 2.75) is 34.6 Å². The van der Waals surface area contributed by atoms with Gasteiger partial charge in [0.25, 0.3) is 0 Å². The smallest absolute Gasteiger partial charge is 0.0155 e. The highest BCUT2D eigenvalue weighted by molar-refractivity contribution is 5.70. The molecule has 0 atom stereocenters. The minimum Gasteiger partial charge on any atom is -0.0871 e. The van der Waals surface area contributed by atoms with E-state index in [1.807, 2.05) is 0 Å². The molecule has 2 aromatic rings. The van der Waals surface area contributed by atoms with Crippen molar-refractivity contribution in [1.29, 1.82) is 0 Å². The molecule has 0 amide bonds. The zero-order valence-corrected chi connectivity index (χ0v) is 11.4. The van der Waals surface area contributed by atoms with Crippen molar-refractivity contribution in [3.05, 3.63) is 65.2 Å². The number of allylic oxidation sites excluding steroid dienone is 1. The minimum atomic E-state index is 0. The van der Waals surface area contributed by atoms with E-state index in [2.05, 4.69) is 75.4 Å². The van der Waals surface area contributed by atoms with Crippen LogP contribution in [-0.4, -0.2) is 0 Å². The average molecular weight is 252 g/mol. The van der Waals surface area contributed by atoms with E-state index < -0.39 is 0 Å². The molecule has 0 saturated heterocycles. The van der Waals surface area contributed by atoms with Crippen LogP contribution in [0.15, 0.2) is 48.5 Å². The zero-order chi connectivity index (χ0) is 13.0. The summed E-state index contributed by atoms with van der Waals surface area (Å²) in [6.07, 6.45) is 5.35. The first-order valence-electron chi connectivity index (χ1n) is 6.58. The molecule has 19 heavy (non-hydrogen) atoms. The van der Waals surface area contributed by atoms with E-state index in [1.165, 1.54) is 27.8 Å². The van der Waals surface area contributed by atoms with Crippen LogP contribution in [0.25, 0.3) is 17.2 Å². The van der Waals surface area contributed by atoms with Crippen LogP contribution < -0.4 is 0 Å². The Morgan fingerprint density at radius 2 is 1.79 bits per heavy atom. The lowest BCUT2D eigenvalue weighted by atomic mass is 9.95. The van der Waals surface area contributed by atoms with Crippen LogP contribution >= 0.6 is 0 Å². The molecule has 0 bridgehead atoms. The van der Waals surface area contributed by atoms with Gasteiger partial charge in [-0.2, -0.15) is 0 Å². The average Bonchev–Trinajstić information content (AvgIpc) is 2.40. The molecule has 0 fully saturated rings. The second-order valence-corrected chi connectivity index (χ2v) is 4.58. The van der Waals surface area contributed by atoms with Gasteiger partial charge in [-0.15, -0.1) is 0 Å². The van der Waals surface area contributed by atoms with Gasteiger partial charge >= 0.3 is 0 Å². The summed E-state index contributed by atoms with van der Waals surface area (Å²) in [6, 6.07) is 15.3. The molecule has 0 saturated carbocycles. The Labute approximate surface area is 117 Å². The fourth-order valence-corrected chi connectivity index (χ4v) is 2.32. The number of aryl methyl sites for hydroxylation is 2. The molecule has 0 spiro atoms. The van der Waals surface area contributed by atoms with Gasteiger partial charge in [0, 0.05) is 0 Å². The van der Waals surface area contributed by atoms with Gasteiger partial charge in [0.2, 0.25) is 0 Å². The highest BCUT2D eigenvalue weighted by atomic mass is 14.1. The fraction of sp³-hybridized carbons (Fsp3) is 0.263. The third-order valence-corrected chi connectivity index (χ3v) is 3.33. The summed E-state index contributed by atoms with van der Waals surface area (Å²) >= 11 is 0. The van der Waals surface area contributed by atoms with E-state index in [4.69, 9.17) is 0 Å². The van der Waals surface area contributed by atoms with Gasteiger partial charge in [-0.3, -0.25) is 0 Å². The molecule has 0 aliphatic heterocycles. The molecule has 0 aromatic heterocycles. The molecular weight excluding hydrogens is 228 g/mol.